The number of aliphatic hydroxyl groups excluding tert-OH is 1. The van der Waals surface area contributed by atoms with E-state index in [-0.39, 0.29) is 19.6 Å². The van der Waals surface area contributed by atoms with Crippen molar-refractivity contribution >= 4 is 12.1 Å². The molecule has 108 valence electrons. The average Bonchev–Trinajstić information content (AvgIpc) is 2.74. The Labute approximate surface area is 116 Å². The smallest absolute Gasteiger partial charge is 0.411 e. The Morgan fingerprint density at radius 1 is 1.40 bits per heavy atom. The number of nitrogens with zero attached hydrogens (tertiary/aromatic N) is 1. The number of aliphatic carboxylic acids is 1. The predicted molar refractivity (Wildman–Crippen MR) is 70.0 cm³/mol. The molecule has 0 aromatic heterocycles. The third kappa shape index (κ3) is 2.75. The number of benzene rings is 1. The van der Waals surface area contributed by atoms with Gasteiger partial charge in [0.1, 0.15) is 12.1 Å². The van der Waals surface area contributed by atoms with Gasteiger partial charge in [0.05, 0.1) is 12.6 Å². The molecule has 0 aliphatic carbocycles. The van der Waals surface area contributed by atoms with E-state index in [1.807, 2.05) is 30.3 Å². The third-order valence-electron chi connectivity index (χ3n) is 3.51. The molecule has 1 heterocycles. The highest BCUT2D eigenvalue weighted by atomic mass is 16.6. The number of amides is 1. The van der Waals surface area contributed by atoms with Crippen LogP contribution in [-0.2, 0) is 16.1 Å². The first-order valence-electron chi connectivity index (χ1n) is 6.33. The highest BCUT2D eigenvalue weighted by Gasteiger charge is 2.50. The van der Waals surface area contributed by atoms with Crippen LogP contribution >= 0.6 is 0 Å². The Balaban J connectivity index is 2.03. The first kappa shape index (κ1) is 14.3. The van der Waals surface area contributed by atoms with Crippen LogP contribution in [0.4, 0.5) is 4.79 Å². The van der Waals surface area contributed by atoms with Gasteiger partial charge in [-0.25, -0.2) is 9.59 Å². The molecule has 0 radical (unpaired) electrons. The predicted octanol–water partition coefficient (Wildman–Crippen LogP) is 1.23. The highest BCUT2D eigenvalue weighted by Crippen LogP contribution is 2.30. The Kier molecular flexibility index (Phi) is 3.94. The number of carbonyl (C=O) groups is 2. The summed E-state index contributed by atoms with van der Waals surface area (Å²) in [6.45, 7) is 1.45. The molecule has 0 unspecified atom stereocenters. The topological polar surface area (TPSA) is 87.1 Å². The van der Waals surface area contributed by atoms with Crippen molar-refractivity contribution in [1.82, 2.24) is 4.90 Å². The van der Waals surface area contributed by atoms with E-state index in [1.165, 1.54) is 6.92 Å². The van der Waals surface area contributed by atoms with Gasteiger partial charge in [0.2, 0.25) is 0 Å². The summed E-state index contributed by atoms with van der Waals surface area (Å²) in [5.74, 6) is -1.15. The molecule has 1 fully saturated rings. The molecule has 1 aromatic rings. The number of carboxylic acids is 1. The maximum Gasteiger partial charge on any atom is 0.411 e. The number of rotatable bonds is 3. The molecule has 0 bridgehead atoms. The van der Waals surface area contributed by atoms with Gasteiger partial charge in [-0.1, -0.05) is 30.3 Å². The standard InChI is InChI=1S/C14H17NO5/c1-14(12(17)18)7-11(16)8-15(14)13(19)20-9-10-5-3-2-4-6-10/h2-6,11,16H,7-9H2,1H3,(H,17,18)/t11-,14+/m1/s1. The van der Waals surface area contributed by atoms with Crippen molar-refractivity contribution in [3.63, 3.8) is 0 Å². The lowest BCUT2D eigenvalue weighted by atomic mass is 9.99. The third-order valence-corrected chi connectivity index (χ3v) is 3.51. The number of aliphatic hydroxyl groups is 1. The monoisotopic (exact) mass is 279 g/mol. The number of ether oxygens (including phenoxy) is 1. The zero-order valence-electron chi connectivity index (χ0n) is 11.2. The second-order valence-electron chi connectivity index (χ2n) is 5.09. The molecule has 6 nitrogen and oxygen atoms in total. The molecule has 1 aliphatic rings. The maximum atomic E-state index is 12.0. The van der Waals surface area contributed by atoms with Crippen LogP contribution in [0.15, 0.2) is 30.3 Å². The summed E-state index contributed by atoms with van der Waals surface area (Å²) in [6, 6.07) is 9.11. The first-order chi connectivity index (χ1) is 9.43. The van der Waals surface area contributed by atoms with Gasteiger partial charge < -0.3 is 14.9 Å². The van der Waals surface area contributed by atoms with Crippen LogP contribution in [0.1, 0.15) is 18.9 Å². The molecule has 0 saturated carbocycles. The Hall–Kier alpha value is -2.08. The van der Waals surface area contributed by atoms with Gasteiger partial charge in [-0.05, 0) is 12.5 Å². The summed E-state index contributed by atoms with van der Waals surface area (Å²) in [5, 5.41) is 18.8. The van der Waals surface area contributed by atoms with Crippen molar-refractivity contribution in [3.05, 3.63) is 35.9 Å². The molecule has 20 heavy (non-hydrogen) atoms. The average molecular weight is 279 g/mol. The second-order valence-corrected chi connectivity index (χ2v) is 5.09. The fourth-order valence-corrected chi connectivity index (χ4v) is 2.32. The number of likely N-dealkylation sites (tertiary alicyclic amines) is 1. The number of hydrogen-bond acceptors (Lipinski definition) is 4. The van der Waals surface area contributed by atoms with Crippen molar-refractivity contribution in [1.29, 1.82) is 0 Å². The Bertz CT molecular complexity index is 504. The molecular weight excluding hydrogens is 262 g/mol. The van der Waals surface area contributed by atoms with Crippen molar-refractivity contribution in [2.24, 2.45) is 0 Å². The van der Waals surface area contributed by atoms with Gasteiger partial charge in [-0.15, -0.1) is 0 Å². The molecule has 0 spiro atoms. The fourth-order valence-electron chi connectivity index (χ4n) is 2.32. The van der Waals surface area contributed by atoms with Gasteiger partial charge in [0.15, 0.2) is 0 Å². The summed E-state index contributed by atoms with van der Waals surface area (Å²) in [4.78, 5) is 24.4. The molecular formula is C14H17NO5. The van der Waals surface area contributed by atoms with Gasteiger partial charge in [0.25, 0.3) is 0 Å². The Morgan fingerprint density at radius 2 is 2.05 bits per heavy atom. The maximum absolute atomic E-state index is 12.0. The number of β-amino-alcohol motifs (C(OH)–C–C–N with tert-alkyl or cyclic N) is 1. The van der Waals surface area contributed by atoms with E-state index in [1.54, 1.807) is 0 Å². The van der Waals surface area contributed by atoms with Crippen LogP contribution < -0.4 is 0 Å². The summed E-state index contributed by atoms with van der Waals surface area (Å²) >= 11 is 0. The van der Waals surface area contributed by atoms with E-state index in [9.17, 15) is 19.8 Å². The van der Waals surface area contributed by atoms with E-state index >= 15 is 0 Å². The zero-order chi connectivity index (χ0) is 14.8. The van der Waals surface area contributed by atoms with E-state index < -0.39 is 23.7 Å². The molecule has 2 N–H and O–H groups in total. The molecule has 6 heteroatoms. The van der Waals surface area contributed by atoms with E-state index in [0.29, 0.717) is 0 Å². The van der Waals surface area contributed by atoms with E-state index in [2.05, 4.69) is 0 Å². The second kappa shape index (κ2) is 5.50. The van der Waals surface area contributed by atoms with Gasteiger partial charge in [-0.2, -0.15) is 0 Å². The molecule has 1 saturated heterocycles. The molecule has 2 rings (SSSR count). The number of carbonyl (C=O) groups excluding carboxylic acids is 1. The SMILES string of the molecule is C[C@@]1(C(=O)O)C[C@@H](O)CN1C(=O)OCc1ccccc1. The lowest BCUT2D eigenvalue weighted by Gasteiger charge is -2.29. The van der Waals surface area contributed by atoms with Crippen LogP contribution in [0, 0.1) is 0 Å². The first-order valence-corrected chi connectivity index (χ1v) is 6.33. The molecule has 2 atom stereocenters. The largest absolute Gasteiger partial charge is 0.480 e. The van der Waals surface area contributed by atoms with Crippen molar-refractivity contribution in [2.45, 2.75) is 31.6 Å². The lowest BCUT2D eigenvalue weighted by Crippen LogP contribution is -2.50. The number of hydrogen-bond donors (Lipinski definition) is 2. The molecule has 1 aliphatic heterocycles. The van der Waals surface area contributed by atoms with Crippen molar-refractivity contribution < 1.29 is 24.5 Å². The minimum absolute atomic E-state index is 0.00275. The lowest BCUT2D eigenvalue weighted by molar-refractivity contribution is -0.147. The quantitative estimate of drug-likeness (QED) is 0.869. The van der Waals surface area contributed by atoms with Crippen molar-refractivity contribution in [3.8, 4) is 0 Å². The Morgan fingerprint density at radius 3 is 2.65 bits per heavy atom. The van der Waals surface area contributed by atoms with Crippen molar-refractivity contribution in [2.75, 3.05) is 6.54 Å². The summed E-state index contributed by atoms with van der Waals surface area (Å²) in [5.41, 5.74) is -0.606. The normalized spacial score (nSPS) is 25.5. The highest BCUT2D eigenvalue weighted by molar-refractivity contribution is 5.84. The van der Waals surface area contributed by atoms with Gasteiger partial charge in [0, 0.05) is 6.42 Å². The minimum Gasteiger partial charge on any atom is -0.480 e. The molecule has 1 aromatic carbocycles. The van der Waals surface area contributed by atoms with E-state index in [0.717, 1.165) is 10.5 Å². The van der Waals surface area contributed by atoms with Crippen LogP contribution in [0.2, 0.25) is 0 Å². The summed E-state index contributed by atoms with van der Waals surface area (Å²) < 4.78 is 5.12. The number of carboxylic acid groups (broad SMARTS) is 1. The fraction of sp³-hybridized carbons (Fsp3) is 0.429. The van der Waals surface area contributed by atoms with Crippen LogP contribution in [0.5, 0.6) is 0 Å². The molecule has 1 amide bonds. The summed E-state index contributed by atoms with van der Waals surface area (Å²) in [7, 11) is 0. The summed E-state index contributed by atoms with van der Waals surface area (Å²) in [6.07, 6.45) is -1.57. The van der Waals surface area contributed by atoms with E-state index in [4.69, 9.17) is 4.74 Å². The van der Waals surface area contributed by atoms with Gasteiger partial charge in [-0.3, -0.25) is 4.90 Å². The van der Waals surface area contributed by atoms with Gasteiger partial charge >= 0.3 is 12.1 Å². The zero-order valence-corrected chi connectivity index (χ0v) is 11.2. The van der Waals surface area contributed by atoms with Crippen LogP contribution in [0.3, 0.4) is 0 Å². The van der Waals surface area contributed by atoms with Crippen LogP contribution in [-0.4, -0.2) is 45.4 Å². The van der Waals surface area contributed by atoms with Crippen LogP contribution in [0.25, 0.3) is 0 Å². The minimum atomic E-state index is -1.42.